The van der Waals surface area contributed by atoms with Crippen LogP contribution in [0.4, 0.5) is 0 Å². The molecule has 13 heteroatoms. The summed E-state index contributed by atoms with van der Waals surface area (Å²) in [5, 5.41) is 50.7. The molecule has 12 aliphatic rings. The molecule has 354 valence electrons. The predicted molar refractivity (Wildman–Crippen MR) is 263 cm³/mol. The van der Waals surface area contributed by atoms with Crippen LogP contribution in [0.15, 0.2) is 71.0 Å². The summed E-state index contributed by atoms with van der Waals surface area (Å²) in [5.41, 5.74) is 14.2. The van der Waals surface area contributed by atoms with Gasteiger partial charge in [-0.3, -0.25) is 20.0 Å². The highest BCUT2D eigenvalue weighted by Crippen LogP contribution is 2.54. The van der Waals surface area contributed by atoms with E-state index >= 15 is 0 Å². The van der Waals surface area contributed by atoms with E-state index in [1.807, 2.05) is 18.3 Å². The first-order valence-corrected chi connectivity index (χ1v) is 27.5. The monoisotopic (exact) mass is 953 g/mol. The van der Waals surface area contributed by atoms with E-state index in [0.717, 1.165) is 75.3 Å². The maximum atomic E-state index is 13.9. The molecule has 8 aliphatic heterocycles. The Bertz CT molecular complexity index is 2710. The van der Waals surface area contributed by atoms with Gasteiger partial charge in [-0.25, -0.2) is 0 Å². The summed E-state index contributed by atoms with van der Waals surface area (Å²) >= 11 is 0. The van der Waals surface area contributed by atoms with Crippen molar-refractivity contribution in [1.29, 1.82) is 0 Å². The lowest BCUT2D eigenvalue weighted by Crippen LogP contribution is -3.13. The minimum Gasteiger partial charge on any atom is -0.508 e. The van der Waals surface area contributed by atoms with Gasteiger partial charge in [0.15, 0.2) is 11.5 Å². The third-order valence-corrected chi connectivity index (χ3v) is 19.6. The summed E-state index contributed by atoms with van der Waals surface area (Å²) in [5.74, 6) is 12.1. The smallest absolute Gasteiger partial charge is 0.252 e. The molecule has 0 aromatic heterocycles. The van der Waals surface area contributed by atoms with Crippen molar-refractivity contribution in [3.63, 3.8) is 0 Å². The molecule has 2 saturated carbocycles. The van der Waals surface area contributed by atoms with Crippen LogP contribution in [0.3, 0.4) is 0 Å². The van der Waals surface area contributed by atoms with E-state index in [0.29, 0.717) is 59.9 Å². The Morgan fingerprint density at radius 1 is 1.06 bits per heavy atom. The minimum absolute atomic E-state index is 0.0112. The summed E-state index contributed by atoms with van der Waals surface area (Å²) in [6.07, 6.45) is 22.7. The lowest BCUT2D eigenvalue weighted by molar-refractivity contribution is -0.888. The Morgan fingerprint density at radius 2 is 1.90 bits per heavy atom. The number of aliphatic imine (C=N–C) groups is 1. The van der Waals surface area contributed by atoms with Crippen molar-refractivity contribution in [2.45, 2.75) is 131 Å². The first-order chi connectivity index (χ1) is 33.1. The summed E-state index contributed by atoms with van der Waals surface area (Å²) < 4.78 is 13.9. The van der Waals surface area contributed by atoms with Crippen molar-refractivity contribution < 1.29 is 39.6 Å². The molecule has 11 unspecified atom stereocenters. The van der Waals surface area contributed by atoms with Crippen LogP contribution in [0.1, 0.15) is 129 Å². The van der Waals surface area contributed by atoms with E-state index in [2.05, 4.69) is 59.7 Å². The van der Waals surface area contributed by atoms with E-state index < -0.39 is 47.2 Å². The quantitative estimate of drug-likeness (QED) is 0.0954. The number of benzene rings is 2. The van der Waals surface area contributed by atoms with Crippen molar-refractivity contribution in [3.05, 3.63) is 99.4 Å². The summed E-state index contributed by atoms with van der Waals surface area (Å²) in [6, 6.07) is 5.66. The number of phenols is 1. The van der Waals surface area contributed by atoms with E-state index in [4.69, 9.17) is 20.2 Å². The Hall–Kier alpha value is -4.28. The summed E-state index contributed by atoms with van der Waals surface area (Å²) in [7, 11) is 3.39. The number of rotatable bonds is 7. The number of hydrogen-bond acceptors (Lipinski definition) is 12. The number of hydrogen-bond donors (Lipinski definition) is 7. The molecular formula is C55H61N4O7S2+. The first kappa shape index (κ1) is 44.9. The molecule has 0 amide bonds. The second-order valence-corrected chi connectivity index (χ2v) is 23.6. The molecule has 0 saturated heterocycles. The third kappa shape index (κ3) is 7.63. The predicted octanol–water partition coefficient (Wildman–Crippen LogP) is 6.23. The van der Waals surface area contributed by atoms with Gasteiger partial charge in [0.1, 0.15) is 48.1 Å². The van der Waals surface area contributed by atoms with E-state index in [-0.39, 0.29) is 42.9 Å². The highest BCUT2D eigenvalue weighted by Gasteiger charge is 2.53. The average molecular weight is 954 g/mol. The van der Waals surface area contributed by atoms with Gasteiger partial charge in [0.25, 0.3) is 6.23 Å². The molecule has 2 aromatic carbocycles. The maximum Gasteiger partial charge on any atom is 0.252 e. The first-order valence-electron chi connectivity index (χ1n) is 25.0. The fraction of sp³-hybridized carbons (Fsp3) is 0.527. The van der Waals surface area contributed by atoms with E-state index in [1.165, 1.54) is 32.1 Å². The number of aromatic hydroxyl groups is 1. The highest BCUT2D eigenvalue weighted by molar-refractivity contribution is 8.76. The zero-order valence-electron chi connectivity index (χ0n) is 38.3. The number of nitrogens with zero attached hydrogens (tertiary/aromatic N) is 1. The van der Waals surface area contributed by atoms with Crippen LogP contribution in [-0.4, -0.2) is 69.2 Å². The molecule has 2 fully saturated rings. The lowest BCUT2D eigenvalue weighted by Gasteiger charge is -2.45. The largest absolute Gasteiger partial charge is 0.508 e. The molecule has 11 nitrogen and oxygen atoms in total. The lowest BCUT2D eigenvalue weighted by atomic mass is 9.64. The third-order valence-electron chi connectivity index (χ3n) is 17.2. The Kier molecular flexibility index (Phi) is 11.8. The van der Waals surface area contributed by atoms with Crippen molar-refractivity contribution in [2.24, 2.45) is 39.8 Å². The van der Waals surface area contributed by atoms with Crippen LogP contribution in [0.5, 0.6) is 17.2 Å². The Labute approximate surface area is 406 Å². The molecule has 0 radical (unpaired) electrons. The van der Waals surface area contributed by atoms with Gasteiger partial charge in [-0.2, -0.15) is 0 Å². The van der Waals surface area contributed by atoms with Crippen molar-refractivity contribution in [2.75, 3.05) is 18.8 Å². The molecule has 14 rings (SSSR count). The molecule has 8 N–H and O–H groups in total. The van der Waals surface area contributed by atoms with Crippen molar-refractivity contribution >= 4 is 33.1 Å². The molecule has 8 heterocycles. The van der Waals surface area contributed by atoms with Crippen LogP contribution < -0.4 is 25.4 Å². The number of Topliss-reactive ketones (excluding diaryl/α,β-unsaturated/α-hetero) is 1. The van der Waals surface area contributed by atoms with Gasteiger partial charge in [0, 0.05) is 71.5 Å². The van der Waals surface area contributed by atoms with Crippen LogP contribution in [0.2, 0.25) is 0 Å². The SMILES string of the molecule is NC1NCC23C=CC4C5=CN=C6C[NH+](C=C56)C5Oc6c(cc(O)c(CCC(=O)CC(O)C7C=CC(C8CCCCC8)CC7O)c6CSSC2)OC#CC2(CCCC2)C5C#CC(O)c2ccc1c3c24. The molecular weight excluding hydrogens is 893 g/mol. The van der Waals surface area contributed by atoms with Gasteiger partial charge in [-0.15, -0.1) is 0 Å². The fourth-order valence-corrected chi connectivity index (χ4v) is 16.2. The number of ketones is 1. The van der Waals surface area contributed by atoms with Gasteiger partial charge >= 0.3 is 0 Å². The zero-order valence-corrected chi connectivity index (χ0v) is 40.0. The molecule has 2 spiro atoms. The zero-order chi connectivity index (χ0) is 46.3. The van der Waals surface area contributed by atoms with Gasteiger partial charge in [0.05, 0.1) is 29.4 Å². The maximum absolute atomic E-state index is 13.9. The number of nitrogens with two attached hydrogens (primary N) is 1. The standard InChI is InChI=1S/C55H60N4O7S2/c56-52-38-13-12-37-44(61)15-14-42-53-59-26-40-39(25-57-43(40)27-59)35-16-19-55(29-58-52,50(38)49(35)37)30-68-67-28-41-34(47(64)24-48(51(41)66-53)65-21-20-54(42)17-4-5-18-54)11-9-33(60)23-46(63)36-10-8-32(22-45(36)62)31-6-2-1-3-7-31/h8,10,12-13,16,19,24-26,31-32,35-36,42,44-46,52-53,58,61-64H,1-7,9,11,17-18,22-23,27-30,56H2/p+1. The minimum atomic E-state index is -1.10. The number of aliphatic hydroxyl groups excluding tert-OH is 3. The number of carbonyl (C=O) groups is 1. The number of ether oxygens (including phenoxy) is 2. The second kappa shape index (κ2) is 17.8. The highest BCUT2D eigenvalue weighted by atomic mass is 33.1. The van der Waals surface area contributed by atoms with Gasteiger partial charge in [0.2, 0.25) is 0 Å². The van der Waals surface area contributed by atoms with Gasteiger partial charge in [-0.1, -0.05) is 108 Å². The van der Waals surface area contributed by atoms with E-state index in [1.54, 1.807) is 27.7 Å². The van der Waals surface area contributed by atoms with Crippen molar-refractivity contribution in [1.82, 2.24) is 5.32 Å². The van der Waals surface area contributed by atoms with Crippen LogP contribution in [0, 0.1) is 53.0 Å². The topological polar surface area (TPSA) is 171 Å². The van der Waals surface area contributed by atoms with Gasteiger partial charge in [-0.05, 0) is 78.2 Å². The number of aliphatic hydroxyl groups is 3. The number of nitrogens with one attached hydrogen (secondary N) is 2. The second-order valence-electron chi connectivity index (χ2n) is 21.1. The van der Waals surface area contributed by atoms with Crippen LogP contribution in [-0.2, 0) is 22.4 Å². The molecule has 68 heavy (non-hydrogen) atoms. The molecule has 10 bridgehead atoms. The number of fused-ring (bicyclic) bond motifs is 1. The van der Waals surface area contributed by atoms with Crippen LogP contribution in [0.25, 0.3) is 0 Å². The number of quaternary nitrogens is 1. The summed E-state index contributed by atoms with van der Waals surface area (Å²) in [4.78, 5) is 20.0. The molecule has 2 aromatic rings. The van der Waals surface area contributed by atoms with Gasteiger partial charge < -0.3 is 35.6 Å². The van der Waals surface area contributed by atoms with E-state index in [9.17, 15) is 25.2 Å². The Morgan fingerprint density at radius 3 is 2.74 bits per heavy atom. The molecule has 4 aliphatic carbocycles. The fourth-order valence-electron chi connectivity index (χ4n) is 13.6. The van der Waals surface area contributed by atoms with Crippen molar-refractivity contribution in [3.8, 4) is 41.1 Å². The number of phenolic OH excluding ortho intramolecular Hbond substituents is 1. The number of carbonyl (C=O) groups excluding carboxylic acids is 1. The summed E-state index contributed by atoms with van der Waals surface area (Å²) in [6.45, 7) is 1.16. The van der Waals surface area contributed by atoms with Crippen LogP contribution >= 0.6 is 21.6 Å². The average Bonchev–Trinajstić information content (AvgIpc) is 4.10. The normalized spacial score (nSPS) is 34.1. The Balaban J connectivity index is 0.944. The molecule has 11 atom stereocenters. The number of allylic oxidation sites excluding steroid dienone is 3.